The lowest BCUT2D eigenvalue weighted by atomic mass is 9.90. The van der Waals surface area contributed by atoms with Gasteiger partial charge >= 0.3 is 6.09 Å². The van der Waals surface area contributed by atoms with Crippen molar-refractivity contribution >= 4 is 11.7 Å². The molecule has 5 nitrogen and oxygen atoms in total. The predicted molar refractivity (Wildman–Crippen MR) is 96.6 cm³/mol. The number of ether oxygens (including phenoxy) is 3. The van der Waals surface area contributed by atoms with Gasteiger partial charge in [-0.3, -0.25) is 4.90 Å². The van der Waals surface area contributed by atoms with Crippen molar-refractivity contribution in [2.75, 3.05) is 19.8 Å². The second-order valence-corrected chi connectivity index (χ2v) is 7.62. The van der Waals surface area contributed by atoms with E-state index in [1.807, 2.05) is 33.8 Å². The van der Waals surface area contributed by atoms with Crippen LogP contribution in [0, 0.1) is 5.82 Å². The number of halogens is 1. The fraction of sp³-hybridized carbons (Fsp3) is 0.550. The van der Waals surface area contributed by atoms with E-state index < -0.39 is 5.60 Å². The Bertz CT molecular complexity index is 710. The van der Waals surface area contributed by atoms with Gasteiger partial charge in [-0.1, -0.05) is 6.08 Å². The smallest absolute Gasteiger partial charge is 0.411 e. The Labute approximate surface area is 153 Å². The van der Waals surface area contributed by atoms with Gasteiger partial charge in [0.25, 0.3) is 0 Å². The molecule has 1 aromatic carbocycles. The molecule has 0 aromatic heterocycles. The molecule has 2 atom stereocenters. The molecule has 2 aliphatic rings. The van der Waals surface area contributed by atoms with Gasteiger partial charge in [0.05, 0.1) is 31.9 Å². The number of morpholine rings is 1. The SMILES string of the molecule is CCOc1ccc(C2=CC3COCC(C2)N3C(=O)OC(C)(C)C)c(F)c1. The molecule has 1 aromatic rings. The van der Waals surface area contributed by atoms with Crippen LogP contribution in [-0.4, -0.2) is 48.5 Å². The number of fused-ring (bicyclic) bond motifs is 2. The van der Waals surface area contributed by atoms with Crippen molar-refractivity contribution in [2.24, 2.45) is 0 Å². The molecule has 0 radical (unpaired) electrons. The average Bonchev–Trinajstić information content (AvgIpc) is 2.52. The summed E-state index contributed by atoms with van der Waals surface area (Å²) in [6, 6.07) is 4.51. The molecule has 0 saturated carbocycles. The standard InChI is InChI=1S/C20H26FNO4/c1-5-25-16-6-7-17(18(21)10-16)13-8-14-11-24-12-15(9-13)22(14)19(23)26-20(2,3)4/h6-8,10,14-15H,5,9,11-12H2,1-4H3. The molecule has 2 aliphatic heterocycles. The van der Waals surface area contributed by atoms with Gasteiger partial charge < -0.3 is 14.2 Å². The van der Waals surface area contributed by atoms with Crippen LogP contribution in [-0.2, 0) is 9.47 Å². The normalized spacial score (nSPS) is 22.7. The molecule has 1 saturated heterocycles. The average molecular weight is 363 g/mol. The van der Waals surface area contributed by atoms with Crippen LogP contribution in [0.15, 0.2) is 24.3 Å². The monoisotopic (exact) mass is 363 g/mol. The lowest BCUT2D eigenvalue weighted by Gasteiger charge is -2.44. The Kier molecular flexibility index (Phi) is 5.23. The highest BCUT2D eigenvalue weighted by atomic mass is 19.1. The van der Waals surface area contributed by atoms with Gasteiger partial charge in [-0.05, 0) is 51.8 Å². The summed E-state index contributed by atoms with van der Waals surface area (Å²) >= 11 is 0. The van der Waals surface area contributed by atoms with Gasteiger partial charge in [0.1, 0.15) is 17.2 Å². The van der Waals surface area contributed by atoms with Crippen LogP contribution < -0.4 is 4.74 Å². The number of nitrogens with zero attached hydrogens (tertiary/aromatic N) is 1. The Morgan fingerprint density at radius 3 is 2.73 bits per heavy atom. The van der Waals surface area contributed by atoms with Crippen LogP contribution in [0.1, 0.15) is 39.7 Å². The second kappa shape index (κ2) is 7.27. The van der Waals surface area contributed by atoms with Gasteiger partial charge in [-0.15, -0.1) is 0 Å². The third-order valence-electron chi connectivity index (χ3n) is 4.40. The molecule has 3 rings (SSSR count). The molecule has 142 valence electrons. The Morgan fingerprint density at radius 1 is 1.35 bits per heavy atom. The van der Waals surface area contributed by atoms with Crippen molar-refractivity contribution in [1.29, 1.82) is 0 Å². The molecule has 1 fully saturated rings. The van der Waals surface area contributed by atoms with Crippen LogP contribution >= 0.6 is 0 Å². The lowest BCUT2D eigenvalue weighted by Crippen LogP contribution is -2.57. The van der Waals surface area contributed by atoms with Crippen molar-refractivity contribution in [3.05, 3.63) is 35.7 Å². The predicted octanol–water partition coefficient (Wildman–Crippen LogP) is 4.02. The summed E-state index contributed by atoms with van der Waals surface area (Å²) in [4.78, 5) is 14.3. The topological polar surface area (TPSA) is 48.0 Å². The first-order chi connectivity index (χ1) is 12.3. The molecule has 0 N–H and O–H groups in total. The highest BCUT2D eigenvalue weighted by Crippen LogP contribution is 2.35. The van der Waals surface area contributed by atoms with E-state index in [1.165, 1.54) is 6.07 Å². The van der Waals surface area contributed by atoms with Gasteiger partial charge in [-0.2, -0.15) is 0 Å². The minimum absolute atomic E-state index is 0.158. The molecule has 1 amide bonds. The van der Waals surface area contributed by atoms with Crippen molar-refractivity contribution in [2.45, 2.75) is 51.8 Å². The maximum Gasteiger partial charge on any atom is 0.411 e. The van der Waals surface area contributed by atoms with E-state index in [-0.39, 0.29) is 24.0 Å². The van der Waals surface area contributed by atoms with E-state index in [2.05, 4.69) is 0 Å². The maximum absolute atomic E-state index is 14.6. The zero-order valence-corrected chi connectivity index (χ0v) is 15.8. The number of rotatable bonds is 3. The van der Waals surface area contributed by atoms with E-state index in [4.69, 9.17) is 14.2 Å². The third-order valence-corrected chi connectivity index (χ3v) is 4.40. The van der Waals surface area contributed by atoms with E-state index in [0.29, 0.717) is 37.6 Å². The van der Waals surface area contributed by atoms with E-state index in [0.717, 1.165) is 5.57 Å². The largest absolute Gasteiger partial charge is 0.494 e. The fourth-order valence-electron chi connectivity index (χ4n) is 3.41. The maximum atomic E-state index is 14.6. The summed E-state index contributed by atoms with van der Waals surface area (Å²) < 4.78 is 31.0. The number of benzene rings is 1. The highest BCUT2D eigenvalue weighted by molar-refractivity contribution is 5.75. The molecule has 2 bridgehead atoms. The molecule has 2 heterocycles. The zero-order valence-electron chi connectivity index (χ0n) is 15.8. The van der Waals surface area contributed by atoms with E-state index >= 15 is 0 Å². The minimum Gasteiger partial charge on any atom is -0.494 e. The first-order valence-electron chi connectivity index (χ1n) is 9.01. The van der Waals surface area contributed by atoms with E-state index in [9.17, 15) is 9.18 Å². The Morgan fingerprint density at radius 2 is 2.12 bits per heavy atom. The molecule has 6 heteroatoms. The quantitative estimate of drug-likeness (QED) is 0.814. The summed E-state index contributed by atoms with van der Waals surface area (Å²) in [5.41, 5.74) is 0.884. The molecular weight excluding hydrogens is 337 g/mol. The van der Waals surface area contributed by atoms with Crippen molar-refractivity contribution in [1.82, 2.24) is 4.90 Å². The summed E-state index contributed by atoms with van der Waals surface area (Å²) in [6.45, 7) is 8.70. The zero-order chi connectivity index (χ0) is 18.9. The van der Waals surface area contributed by atoms with Crippen molar-refractivity contribution in [3.8, 4) is 5.75 Å². The third kappa shape index (κ3) is 4.01. The van der Waals surface area contributed by atoms with Gasteiger partial charge in [-0.25, -0.2) is 9.18 Å². The van der Waals surface area contributed by atoms with Crippen LogP contribution in [0.3, 0.4) is 0 Å². The first-order valence-corrected chi connectivity index (χ1v) is 9.01. The molecule has 0 aliphatic carbocycles. The van der Waals surface area contributed by atoms with Crippen LogP contribution in [0.25, 0.3) is 5.57 Å². The van der Waals surface area contributed by atoms with E-state index in [1.54, 1.807) is 17.0 Å². The van der Waals surface area contributed by atoms with Gasteiger partial charge in [0.2, 0.25) is 0 Å². The number of carbonyl (C=O) groups excluding carboxylic acids is 1. The number of hydrogen-bond acceptors (Lipinski definition) is 4. The first kappa shape index (κ1) is 18.7. The van der Waals surface area contributed by atoms with Crippen molar-refractivity contribution in [3.63, 3.8) is 0 Å². The highest BCUT2D eigenvalue weighted by Gasteiger charge is 2.40. The summed E-state index contributed by atoms with van der Waals surface area (Å²) in [7, 11) is 0. The summed E-state index contributed by atoms with van der Waals surface area (Å²) in [5.74, 6) is 0.205. The van der Waals surface area contributed by atoms with Gasteiger partial charge in [0.15, 0.2) is 0 Å². The molecule has 2 unspecified atom stereocenters. The van der Waals surface area contributed by atoms with Gasteiger partial charge in [0, 0.05) is 11.6 Å². The van der Waals surface area contributed by atoms with Crippen LogP contribution in [0.2, 0.25) is 0 Å². The fourth-order valence-corrected chi connectivity index (χ4v) is 3.41. The van der Waals surface area contributed by atoms with Crippen LogP contribution in [0.5, 0.6) is 5.75 Å². The van der Waals surface area contributed by atoms with Crippen LogP contribution in [0.4, 0.5) is 9.18 Å². The minimum atomic E-state index is -0.558. The van der Waals surface area contributed by atoms with Crippen molar-refractivity contribution < 1.29 is 23.4 Å². The molecule has 26 heavy (non-hydrogen) atoms. The number of carbonyl (C=O) groups is 1. The Hall–Kier alpha value is -2.08. The summed E-state index contributed by atoms with van der Waals surface area (Å²) in [6.07, 6.45) is 2.09. The second-order valence-electron chi connectivity index (χ2n) is 7.62. The lowest BCUT2D eigenvalue weighted by molar-refractivity contribution is -0.0510. The number of hydrogen-bond donors (Lipinski definition) is 0. The molecule has 0 spiro atoms. The Balaban J connectivity index is 1.85. The summed E-state index contributed by atoms with van der Waals surface area (Å²) in [5, 5.41) is 0. The molecular formula is C20H26FNO4. The number of amides is 1.